The van der Waals surface area contributed by atoms with Crippen molar-refractivity contribution in [3.63, 3.8) is 0 Å². The van der Waals surface area contributed by atoms with Crippen LogP contribution in [0.4, 0.5) is 5.69 Å². The van der Waals surface area contributed by atoms with Crippen LogP contribution in [0.15, 0.2) is 87.3 Å². The maximum absolute atomic E-state index is 13.4. The lowest BCUT2D eigenvalue weighted by molar-refractivity contribution is -0.385. The summed E-state index contributed by atoms with van der Waals surface area (Å²) in [6.45, 7) is 2.01. The van der Waals surface area contributed by atoms with Gasteiger partial charge in [0.2, 0.25) is 5.88 Å². The lowest BCUT2D eigenvalue weighted by atomic mass is 10.0. The van der Waals surface area contributed by atoms with Crippen molar-refractivity contribution >= 4 is 49.5 Å². The Bertz CT molecular complexity index is 1730. The molecule has 0 N–H and O–H groups in total. The second-order valence-electron chi connectivity index (χ2n) is 8.21. The molecule has 184 valence electrons. The van der Waals surface area contributed by atoms with Crippen molar-refractivity contribution < 1.29 is 9.66 Å². The Morgan fingerprint density at radius 2 is 1.95 bits per heavy atom. The summed E-state index contributed by atoms with van der Waals surface area (Å²) >= 11 is 3.42. The fourth-order valence-electron chi connectivity index (χ4n) is 3.97. The molecule has 0 aliphatic carbocycles. The van der Waals surface area contributed by atoms with Gasteiger partial charge in [0.05, 0.1) is 22.0 Å². The van der Waals surface area contributed by atoms with Crippen LogP contribution < -0.4 is 10.3 Å². The summed E-state index contributed by atoms with van der Waals surface area (Å²) in [5.74, 6) is 1.18. The monoisotopic (exact) mass is 557 g/mol. The van der Waals surface area contributed by atoms with Crippen LogP contribution in [0.3, 0.4) is 0 Å². The summed E-state index contributed by atoms with van der Waals surface area (Å²) in [4.78, 5) is 32.6. The van der Waals surface area contributed by atoms with E-state index in [1.54, 1.807) is 18.3 Å². The number of fused-ring (bicyclic) bond motifs is 2. The first kappa shape index (κ1) is 24.3. The summed E-state index contributed by atoms with van der Waals surface area (Å²) < 4.78 is 8.10. The van der Waals surface area contributed by atoms with Crippen molar-refractivity contribution in [1.29, 1.82) is 0 Å². The van der Waals surface area contributed by atoms with Gasteiger partial charge in [-0.25, -0.2) is 9.97 Å². The number of hydrogen-bond acceptors (Lipinski definition) is 7. The standard InChI is InChI=1S/C27H20BrN5O4/c1-2-5-25-31-23-11-9-18(28)14-21(23)27(34)32(25)30-16-22-20-7-4-3-6-17(20)8-12-24(22)37-26-13-10-19(15-29-26)33(35)36/h3-4,6-16H,2,5H2,1H3. The normalized spacial score (nSPS) is 11.4. The first-order valence-electron chi connectivity index (χ1n) is 11.5. The van der Waals surface area contributed by atoms with Gasteiger partial charge in [0.25, 0.3) is 11.2 Å². The predicted octanol–water partition coefficient (Wildman–Crippen LogP) is 6.24. The van der Waals surface area contributed by atoms with Crippen molar-refractivity contribution in [3.05, 3.63) is 109 Å². The Kier molecular flexibility index (Phi) is 6.74. The van der Waals surface area contributed by atoms with Crippen LogP contribution >= 0.6 is 15.9 Å². The molecule has 0 unspecified atom stereocenters. The molecule has 2 heterocycles. The largest absolute Gasteiger partial charge is 0.438 e. The van der Waals surface area contributed by atoms with Crippen molar-refractivity contribution in [2.45, 2.75) is 19.8 Å². The molecule has 0 saturated heterocycles. The number of aryl methyl sites for hydroxylation is 1. The number of ether oxygens (including phenoxy) is 1. The zero-order valence-corrected chi connectivity index (χ0v) is 21.3. The van der Waals surface area contributed by atoms with Gasteiger partial charge in [0.15, 0.2) is 0 Å². The maximum atomic E-state index is 13.4. The molecule has 37 heavy (non-hydrogen) atoms. The predicted molar refractivity (Wildman–Crippen MR) is 146 cm³/mol. The molecular formula is C27H20BrN5O4. The lowest BCUT2D eigenvalue weighted by Crippen LogP contribution is -2.22. The number of rotatable bonds is 7. The number of hydrogen-bond donors (Lipinski definition) is 0. The van der Waals surface area contributed by atoms with E-state index < -0.39 is 4.92 Å². The van der Waals surface area contributed by atoms with Crippen molar-refractivity contribution in [2.24, 2.45) is 5.10 Å². The maximum Gasteiger partial charge on any atom is 0.287 e. The fraction of sp³-hybridized carbons (Fsp3) is 0.111. The smallest absolute Gasteiger partial charge is 0.287 e. The van der Waals surface area contributed by atoms with Crippen LogP contribution in [0.1, 0.15) is 24.7 Å². The third-order valence-corrected chi connectivity index (χ3v) is 6.22. The van der Waals surface area contributed by atoms with E-state index >= 15 is 0 Å². The van der Waals surface area contributed by atoms with Gasteiger partial charge in [-0.3, -0.25) is 14.9 Å². The number of pyridine rings is 1. The minimum atomic E-state index is -0.521. The van der Waals surface area contributed by atoms with Crippen LogP contribution in [0.5, 0.6) is 11.6 Å². The van der Waals surface area contributed by atoms with E-state index in [2.05, 4.69) is 31.0 Å². The van der Waals surface area contributed by atoms with Crippen LogP contribution in [-0.2, 0) is 6.42 Å². The summed E-state index contributed by atoms with van der Waals surface area (Å²) in [6.07, 6.45) is 4.08. The van der Waals surface area contributed by atoms with Gasteiger partial charge in [0.1, 0.15) is 17.8 Å². The van der Waals surface area contributed by atoms with Crippen molar-refractivity contribution in [3.8, 4) is 11.6 Å². The highest BCUT2D eigenvalue weighted by Crippen LogP contribution is 2.30. The molecule has 0 radical (unpaired) electrons. The highest BCUT2D eigenvalue weighted by Gasteiger charge is 2.14. The van der Waals surface area contributed by atoms with E-state index in [-0.39, 0.29) is 17.1 Å². The SMILES string of the molecule is CCCc1nc2ccc(Br)cc2c(=O)n1N=Cc1c(Oc2ccc([N+](=O)[O-])cn2)ccc2ccccc12. The first-order chi connectivity index (χ1) is 17.9. The molecule has 0 aliphatic rings. The molecule has 0 spiro atoms. The Balaban J connectivity index is 1.64. The average Bonchev–Trinajstić information content (AvgIpc) is 2.90. The Morgan fingerprint density at radius 1 is 1.11 bits per heavy atom. The summed E-state index contributed by atoms with van der Waals surface area (Å²) in [7, 11) is 0. The number of benzene rings is 3. The molecule has 0 fully saturated rings. The van der Waals surface area contributed by atoms with Gasteiger partial charge in [-0.1, -0.05) is 53.2 Å². The molecule has 3 aromatic carbocycles. The molecular weight excluding hydrogens is 538 g/mol. The highest BCUT2D eigenvalue weighted by molar-refractivity contribution is 9.10. The Labute approximate surface area is 219 Å². The summed E-state index contributed by atoms with van der Waals surface area (Å²) in [6, 6.07) is 19.5. The van der Waals surface area contributed by atoms with Crippen molar-refractivity contribution in [2.75, 3.05) is 0 Å². The van der Waals surface area contributed by atoms with Crippen LogP contribution in [0.25, 0.3) is 21.7 Å². The number of nitro groups is 1. The van der Waals surface area contributed by atoms with Gasteiger partial charge in [-0.2, -0.15) is 9.78 Å². The quantitative estimate of drug-likeness (QED) is 0.133. The van der Waals surface area contributed by atoms with E-state index in [9.17, 15) is 14.9 Å². The molecule has 5 rings (SSSR count). The molecule has 2 aromatic heterocycles. The van der Waals surface area contributed by atoms with Crippen LogP contribution in [0, 0.1) is 10.1 Å². The van der Waals surface area contributed by atoms with Crippen LogP contribution in [0.2, 0.25) is 0 Å². The Hall–Kier alpha value is -4.44. The van der Waals surface area contributed by atoms with Gasteiger partial charge in [-0.15, -0.1) is 0 Å². The lowest BCUT2D eigenvalue weighted by Gasteiger charge is -2.12. The first-order valence-corrected chi connectivity index (χ1v) is 12.3. The van der Waals surface area contributed by atoms with E-state index in [1.807, 2.05) is 49.4 Å². The second kappa shape index (κ2) is 10.3. The van der Waals surface area contributed by atoms with E-state index in [0.717, 1.165) is 27.9 Å². The summed E-state index contributed by atoms with van der Waals surface area (Å²) in [5, 5.41) is 17.8. The van der Waals surface area contributed by atoms with Gasteiger partial charge in [0, 0.05) is 28.6 Å². The van der Waals surface area contributed by atoms with E-state index in [1.165, 1.54) is 16.8 Å². The molecule has 0 bridgehead atoms. The van der Waals surface area contributed by atoms with E-state index in [0.29, 0.717) is 34.5 Å². The van der Waals surface area contributed by atoms with E-state index in [4.69, 9.17) is 4.74 Å². The Morgan fingerprint density at radius 3 is 2.70 bits per heavy atom. The number of aromatic nitrogens is 3. The fourth-order valence-corrected chi connectivity index (χ4v) is 4.33. The zero-order chi connectivity index (χ0) is 25.9. The third-order valence-electron chi connectivity index (χ3n) is 5.73. The number of halogens is 1. The zero-order valence-electron chi connectivity index (χ0n) is 19.7. The molecule has 0 aliphatic heterocycles. The van der Waals surface area contributed by atoms with Gasteiger partial charge in [-0.05, 0) is 41.5 Å². The average molecular weight is 558 g/mol. The topological polar surface area (TPSA) is 113 Å². The molecule has 0 amide bonds. The summed E-state index contributed by atoms with van der Waals surface area (Å²) in [5.41, 5.74) is 0.833. The minimum absolute atomic E-state index is 0.133. The molecule has 5 aromatic rings. The van der Waals surface area contributed by atoms with Crippen LogP contribution in [-0.4, -0.2) is 25.8 Å². The van der Waals surface area contributed by atoms with Crippen molar-refractivity contribution in [1.82, 2.24) is 14.6 Å². The minimum Gasteiger partial charge on any atom is -0.438 e. The second-order valence-corrected chi connectivity index (χ2v) is 9.13. The third kappa shape index (κ3) is 4.96. The number of nitrogens with zero attached hydrogens (tertiary/aromatic N) is 5. The van der Waals surface area contributed by atoms with Gasteiger partial charge < -0.3 is 4.74 Å². The molecule has 0 atom stereocenters. The van der Waals surface area contributed by atoms with Gasteiger partial charge >= 0.3 is 0 Å². The molecule has 10 heteroatoms. The highest BCUT2D eigenvalue weighted by atomic mass is 79.9. The molecule has 0 saturated carbocycles. The molecule has 9 nitrogen and oxygen atoms in total.